The van der Waals surface area contributed by atoms with Crippen LogP contribution >= 0.6 is 0 Å². The predicted molar refractivity (Wildman–Crippen MR) is 138 cm³/mol. The van der Waals surface area contributed by atoms with Crippen LogP contribution in [0.25, 0.3) is 10.9 Å². The summed E-state index contributed by atoms with van der Waals surface area (Å²) in [6.07, 6.45) is 4.19. The van der Waals surface area contributed by atoms with Gasteiger partial charge in [0.2, 0.25) is 5.91 Å². The van der Waals surface area contributed by atoms with Crippen molar-refractivity contribution in [1.82, 2.24) is 14.9 Å². The fourth-order valence-electron chi connectivity index (χ4n) is 4.41. The molecule has 1 aliphatic rings. The van der Waals surface area contributed by atoms with E-state index in [-0.39, 0.29) is 11.7 Å². The van der Waals surface area contributed by atoms with E-state index in [4.69, 9.17) is 0 Å². The first-order chi connectivity index (χ1) is 17.1. The molecule has 1 saturated heterocycles. The van der Waals surface area contributed by atoms with Crippen LogP contribution in [-0.2, 0) is 4.79 Å². The lowest BCUT2D eigenvalue weighted by Crippen LogP contribution is -2.35. The number of aryl methyl sites for hydroxylation is 1. The molecule has 0 unspecified atom stereocenters. The molecule has 1 N–H and O–H groups in total. The molecule has 5 rings (SSSR count). The molecule has 2 heterocycles. The molecule has 174 valence electrons. The van der Waals surface area contributed by atoms with Crippen LogP contribution in [0.5, 0.6) is 5.75 Å². The van der Waals surface area contributed by atoms with Crippen LogP contribution in [0.3, 0.4) is 0 Å². The Labute approximate surface area is 204 Å². The molecule has 0 atom stereocenters. The molecule has 0 aliphatic carbocycles. The average molecular weight is 463 g/mol. The summed E-state index contributed by atoms with van der Waals surface area (Å²) in [4.78, 5) is 25.1. The Hall–Kier alpha value is -4.37. The van der Waals surface area contributed by atoms with Crippen LogP contribution in [0.4, 0.5) is 17.2 Å². The highest BCUT2D eigenvalue weighted by molar-refractivity contribution is 5.95. The second-order valence-electron chi connectivity index (χ2n) is 8.65. The van der Waals surface area contributed by atoms with Crippen molar-refractivity contribution in [2.75, 3.05) is 18.0 Å². The minimum absolute atomic E-state index is 0.183. The molecule has 1 aliphatic heterocycles. The molecule has 0 saturated carbocycles. The standard InChI is InChI=1S/C29H26N4O2/c1-21-18-24(34)13-15-27(21)33(23-9-3-2-4-10-23)29-25-19-22(12-14-26(25)30-20-31-29)8-7-17-32-16-6-5-11-28(32)35/h2-4,9-10,12-15,18-20,34H,5-6,11,16-17H2,1H3. The predicted octanol–water partition coefficient (Wildman–Crippen LogP) is 5.48. The summed E-state index contributed by atoms with van der Waals surface area (Å²) in [6.45, 7) is 3.19. The number of hydrogen-bond acceptors (Lipinski definition) is 5. The summed E-state index contributed by atoms with van der Waals surface area (Å²) in [5, 5.41) is 10.8. The molecular formula is C29H26N4O2. The number of amides is 1. The summed E-state index contributed by atoms with van der Waals surface area (Å²) in [6, 6.07) is 21.2. The van der Waals surface area contributed by atoms with Gasteiger partial charge in [-0.25, -0.2) is 9.97 Å². The Bertz CT molecular complexity index is 1440. The highest BCUT2D eigenvalue weighted by atomic mass is 16.3. The number of benzene rings is 3. The van der Waals surface area contributed by atoms with Gasteiger partial charge in [-0.05, 0) is 73.9 Å². The van der Waals surface area contributed by atoms with Crippen molar-refractivity contribution in [3.05, 3.63) is 84.2 Å². The van der Waals surface area contributed by atoms with Crippen molar-refractivity contribution in [2.24, 2.45) is 0 Å². The SMILES string of the molecule is Cc1cc(O)ccc1N(c1ccccc1)c1ncnc2ccc(C#CCN3CCCCC3=O)cc12. The number of phenols is 1. The number of rotatable bonds is 4. The molecule has 6 heteroatoms. The first-order valence-corrected chi connectivity index (χ1v) is 11.8. The third-order valence-corrected chi connectivity index (χ3v) is 6.19. The van der Waals surface area contributed by atoms with Crippen molar-refractivity contribution >= 4 is 34.0 Å². The van der Waals surface area contributed by atoms with E-state index in [0.717, 1.165) is 58.6 Å². The number of hydrogen-bond donors (Lipinski definition) is 1. The summed E-state index contributed by atoms with van der Waals surface area (Å²) in [5.41, 5.74) is 4.43. The van der Waals surface area contributed by atoms with Gasteiger partial charge in [0.15, 0.2) is 0 Å². The number of phenolic OH excluding ortho intramolecular Hbond substituents is 1. The van der Waals surface area contributed by atoms with E-state index in [1.807, 2.05) is 66.4 Å². The fraction of sp³-hybridized carbons (Fsp3) is 0.207. The summed E-state index contributed by atoms with van der Waals surface area (Å²) < 4.78 is 0. The summed E-state index contributed by atoms with van der Waals surface area (Å²) >= 11 is 0. The molecule has 35 heavy (non-hydrogen) atoms. The zero-order valence-electron chi connectivity index (χ0n) is 19.6. The maximum Gasteiger partial charge on any atom is 0.223 e. The highest BCUT2D eigenvalue weighted by Crippen LogP contribution is 2.39. The van der Waals surface area contributed by atoms with Gasteiger partial charge in [-0.3, -0.25) is 9.69 Å². The normalized spacial score (nSPS) is 13.4. The average Bonchev–Trinajstić information content (AvgIpc) is 2.87. The van der Waals surface area contributed by atoms with Crippen LogP contribution in [0.15, 0.2) is 73.1 Å². The van der Waals surface area contributed by atoms with E-state index in [2.05, 4.69) is 26.7 Å². The number of aromatic hydroxyl groups is 1. The maximum atomic E-state index is 12.1. The smallest absolute Gasteiger partial charge is 0.223 e. The Balaban J connectivity index is 1.57. The molecule has 1 amide bonds. The van der Waals surface area contributed by atoms with E-state index >= 15 is 0 Å². The Kier molecular flexibility index (Phi) is 6.32. The van der Waals surface area contributed by atoms with Crippen LogP contribution in [0.2, 0.25) is 0 Å². The van der Waals surface area contributed by atoms with Crippen molar-refractivity contribution in [3.8, 4) is 17.6 Å². The van der Waals surface area contributed by atoms with Crippen molar-refractivity contribution in [3.63, 3.8) is 0 Å². The first kappa shape index (κ1) is 22.4. The van der Waals surface area contributed by atoms with Gasteiger partial charge in [0.1, 0.15) is 17.9 Å². The second kappa shape index (κ2) is 9.86. The lowest BCUT2D eigenvalue weighted by atomic mass is 10.1. The topological polar surface area (TPSA) is 69.6 Å². The number of aromatic nitrogens is 2. The van der Waals surface area contributed by atoms with Crippen molar-refractivity contribution < 1.29 is 9.90 Å². The molecule has 0 bridgehead atoms. The van der Waals surface area contributed by atoms with Gasteiger partial charge < -0.3 is 10.0 Å². The minimum atomic E-state index is 0.183. The molecule has 4 aromatic rings. The Morgan fingerprint density at radius 2 is 1.89 bits per heavy atom. The maximum absolute atomic E-state index is 12.1. The van der Waals surface area contributed by atoms with Gasteiger partial charge in [-0.1, -0.05) is 30.0 Å². The molecule has 1 fully saturated rings. The Morgan fingerprint density at radius 1 is 1.03 bits per heavy atom. The molecule has 0 radical (unpaired) electrons. The number of fused-ring (bicyclic) bond motifs is 1. The van der Waals surface area contributed by atoms with Crippen LogP contribution < -0.4 is 4.90 Å². The monoisotopic (exact) mass is 462 g/mol. The zero-order chi connectivity index (χ0) is 24.2. The summed E-state index contributed by atoms with van der Waals surface area (Å²) in [7, 11) is 0. The number of carbonyl (C=O) groups is 1. The van der Waals surface area contributed by atoms with Gasteiger partial charge in [0.05, 0.1) is 17.7 Å². The molecule has 1 aromatic heterocycles. The third kappa shape index (κ3) is 4.80. The van der Waals surface area contributed by atoms with E-state index < -0.39 is 0 Å². The van der Waals surface area contributed by atoms with Gasteiger partial charge in [-0.2, -0.15) is 0 Å². The number of piperidine rings is 1. The van der Waals surface area contributed by atoms with E-state index in [1.165, 1.54) is 0 Å². The van der Waals surface area contributed by atoms with E-state index in [9.17, 15) is 9.90 Å². The van der Waals surface area contributed by atoms with Gasteiger partial charge in [0.25, 0.3) is 0 Å². The fourth-order valence-corrected chi connectivity index (χ4v) is 4.41. The molecule has 3 aromatic carbocycles. The second-order valence-corrected chi connectivity index (χ2v) is 8.65. The highest BCUT2D eigenvalue weighted by Gasteiger charge is 2.19. The van der Waals surface area contributed by atoms with Crippen LogP contribution in [-0.4, -0.2) is 39.0 Å². The first-order valence-electron chi connectivity index (χ1n) is 11.8. The number of likely N-dealkylation sites (tertiary alicyclic amines) is 1. The third-order valence-electron chi connectivity index (χ3n) is 6.19. The number of nitrogens with zero attached hydrogens (tertiary/aromatic N) is 4. The largest absolute Gasteiger partial charge is 0.508 e. The number of para-hydroxylation sites is 1. The quantitative estimate of drug-likeness (QED) is 0.407. The molecule has 6 nitrogen and oxygen atoms in total. The molecular weight excluding hydrogens is 436 g/mol. The molecule has 0 spiro atoms. The van der Waals surface area contributed by atoms with Gasteiger partial charge in [0, 0.05) is 29.6 Å². The van der Waals surface area contributed by atoms with Crippen LogP contribution in [0.1, 0.15) is 30.4 Å². The van der Waals surface area contributed by atoms with Crippen molar-refractivity contribution in [1.29, 1.82) is 0 Å². The van der Waals surface area contributed by atoms with Crippen LogP contribution in [0, 0.1) is 18.8 Å². The number of carbonyl (C=O) groups excluding carboxylic acids is 1. The minimum Gasteiger partial charge on any atom is -0.508 e. The lowest BCUT2D eigenvalue weighted by Gasteiger charge is -2.26. The summed E-state index contributed by atoms with van der Waals surface area (Å²) in [5.74, 6) is 7.51. The van der Waals surface area contributed by atoms with Gasteiger partial charge >= 0.3 is 0 Å². The number of anilines is 3. The van der Waals surface area contributed by atoms with E-state index in [0.29, 0.717) is 13.0 Å². The van der Waals surface area contributed by atoms with E-state index in [1.54, 1.807) is 18.5 Å². The zero-order valence-corrected chi connectivity index (χ0v) is 19.6. The lowest BCUT2D eigenvalue weighted by molar-refractivity contribution is -0.132. The van der Waals surface area contributed by atoms with Crippen molar-refractivity contribution in [2.45, 2.75) is 26.2 Å². The Morgan fingerprint density at radius 3 is 2.69 bits per heavy atom. The van der Waals surface area contributed by atoms with Gasteiger partial charge in [-0.15, -0.1) is 0 Å².